The molecule has 0 aliphatic rings. The van der Waals surface area contributed by atoms with Gasteiger partial charge in [-0.2, -0.15) is 0 Å². The Bertz CT molecular complexity index is 286. The summed E-state index contributed by atoms with van der Waals surface area (Å²) in [6.45, 7) is 4.11. The second-order valence-electron chi connectivity index (χ2n) is 2.87. The van der Waals surface area contributed by atoms with Gasteiger partial charge in [0.15, 0.2) is 0 Å². The van der Waals surface area contributed by atoms with Crippen LogP contribution in [0.2, 0.25) is 0 Å². The number of ether oxygens (including phenoxy) is 1. The predicted octanol–water partition coefficient (Wildman–Crippen LogP) is 2.24. The Morgan fingerprint density at radius 2 is 2.23 bits per heavy atom. The third-order valence-corrected chi connectivity index (χ3v) is 1.77. The van der Waals surface area contributed by atoms with Crippen LogP contribution in [0.25, 0.3) is 0 Å². The maximum absolute atomic E-state index is 13.3. The Labute approximate surface area is 77.5 Å². The van der Waals surface area contributed by atoms with Crippen molar-refractivity contribution in [3.8, 4) is 5.75 Å². The van der Waals surface area contributed by atoms with Crippen molar-refractivity contribution in [2.24, 2.45) is 5.73 Å². The first kappa shape index (κ1) is 9.99. The van der Waals surface area contributed by atoms with E-state index in [2.05, 4.69) is 0 Å². The smallest absolute Gasteiger partial charge is 0.131 e. The lowest BCUT2D eigenvalue weighted by molar-refractivity contribution is 0.331. The molecule has 0 bridgehead atoms. The molecule has 0 aromatic heterocycles. The molecule has 0 fully saturated rings. The third kappa shape index (κ3) is 2.18. The van der Waals surface area contributed by atoms with Crippen molar-refractivity contribution in [1.29, 1.82) is 0 Å². The summed E-state index contributed by atoms with van der Waals surface area (Å²) in [5.41, 5.74) is 6.07. The van der Waals surface area contributed by atoms with Crippen LogP contribution in [-0.2, 0) is 0 Å². The molecule has 2 N–H and O–H groups in total. The van der Waals surface area contributed by atoms with E-state index in [9.17, 15) is 4.39 Å². The van der Waals surface area contributed by atoms with E-state index < -0.39 is 0 Å². The van der Waals surface area contributed by atoms with Crippen molar-refractivity contribution in [2.45, 2.75) is 19.9 Å². The molecule has 0 saturated heterocycles. The highest BCUT2D eigenvalue weighted by Crippen LogP contribution is 2.26. The quantitative estimate of drug-likeness (QED) is 0.780. The molecule has 1 rings (SSSR count). The van der Waals surface area contributed by atoms with Crippen molar-refractivity contribution in [3.05, 3.63) is 29.6 Å². The second kappa shape index (κ2) is 4.23. The molecule has 2 nitrogen and oxygen atoms in total. The molecule has 13 heavy (non-hydrogen) atoms. The average Bonchev–Trinajstić information content (AvgIpc) is 2.04. The summed E-state index contributed by atoms with van der Waals surface area (Å²) in [6.07, 6.45) is 0. The Balaban J connectivity index is 3.10. The molecular weight excluding hydrogens is 169 g/mol. The van der Waals surface area contributed by atoms with Crippen LogP contribution in [0.5, 0.6) is 5.75 Å². The van der Waals surface area contributed by atoms with Gasteiger partial charge in [0.05, 0.1) is 6.61 Å². The first-order chi connectivity index (χ1) is 6.16. The molecule has 1 unspecified atom stereocenters. The number of halogens is 1. The molecule has 0 aliphatic carbocycles. The standard InChI is InChI=1S/C10H14FNO/c1-3-13-9-6-4-5-8(11)10(9)7(2)12/h4-7H,3,12H2,1-2H3. The molecule has 72 valence electrons. The number of nitrogens with two attached hydrogens (primary N) is 1. The number of hydrogen-bond donors (Lipinski definition) is 1. The first-order valence-electron chi connectivity index (χ1n) is 4.33. The van der Waals surface area contributed by atoms with Crippen LogP contribution in [0.15, 0.2) is 18.2 Å². The molecule has 3 heteroatoms. The van der Waals surface area contributed by atoms with Crippen LogP contribution in [-0.4, -0.2) is 6.61 Å². The average molecular weight is 183 g/mol. The van der Waals surface area contributed by atoms with Gasteiger partial charge in [-0.3, -0.25) is 0 Å². The highest BCUT2D eigenvalue weighted by molar-refractivity contribution is 5.36. The number of hydrogen-bond acceptors (Lipinski definition) is 2. The fourth-order valence-electron chi connectivity index (χ4n) is 1.24. The van der Waals surface area contributed by atoms with E-state index in [1.54, 1.807) is 19.1 Å². The summed E-state index contributed by atoms with van der Waals surface area (Å²) < 4.78 is 18.5. The minimum atomic E-state index is -0.345. The Morgan fingerprint density at radius 1 is 1.54 bits per heavy atom. The second-order valence-corrected chi connectivity index (χ2v) is 2.87. The van der Waals surface area contributed by atoms with Crippen molar-refractivity contribution in [3.63, 3.8) is 0 Å². The molecule has 0 heterocycles. The van der Waals surface area contributed by atoms with Crippen LogP contribution in [0.3, 0.4) is 0 Å². The lowest BCUT2D eigenvalue weighted by atomic mass is 10.1. The van der Waals surface area contributed by atoms with E-state index in [4.69, 9.17) is 10.5 Å². The molecule has 0 saturated carbocycles. The third-order valence-electron chi connectivity index (χ3n) is 1.77. The summed E-state index contributed by atoms with van der Waals surface area (Å²) >= 11 is 0. The van der Waals surface area contributed by atoms with E-state index in [1.165, 1.54) is 6.07 Å². The molecule has 0 amide bonds. The monoisotopic (exact) mass is 183 g/mol. The normalized spacial score (nSPS) is 12.6. The minimum Gasteiger partial charge on any atom is -0.493 e. The topological polar surface area (TPSA) is 35.2 Å². The molecule has 0 radical (unpaired) electrons. The Morgan fingerprint density at radius 3 is 2.77 bits per heavy atom. The van der Waals surface area contributed by atoms with Crippen molar-refractivity contribution >= 4 is 0 Å². The summed E-state index contributed by atoms with van der Waals surface area (Å²) in [7, 11) is 0. The highest BCUT2D eigenvalue weighted by atomic mass is 19.1. The van der Waals surface area contributed by atoms with Crippen molar-refractivity contribution in [2.75, 3.05) is 6.61 Å². The molecule has 1 atom stereocenters. The lowest BCUT2D eigenvalue weighted by Gasteiger charge is -2.13. The van der Waals surface area contributed by atoms with Crippen LogP contribution >= 0.6 is 0 Å². The van der Waals surface area contributed by atoms with Gasteiger partial charge >= 0.3 is 0 Å². The minimum absolute atomic E-state index is 0.305. The van der Waals surface area contributed by atoms with Crippen molar-refractivity contribution < 1.29 is 9.13 Å². The number of rotatable bonds is 3. The zero-order valence-electron chi connectivity index (χ0n) is 7.88. The van der Waals surface area contributed by atoms with Gasteiger partial charge in [-0.25, -0.2) is 4.39 Å². The summed E-state index contributed by atoms with van der Waals surface area (Å²) in [6, 6.07) is 4.39. The summed E-state index contributed by atoms with van der Waals surface area (Å²) in [5, 5.41) is 0. The van der Waals surface area contributed by atoms with Crippen molar-refractivity contribution in [1.82, 2.24) is 0 Å². The van der Waals surface area contributed by atoms with Crippen LogP contribution < -0.4 is 10.5 Å². The molecule has 1 aromatic carbocycles. The zero-order chi connectivity index (χ0) is 9.84. The van der Waals surface area contributed by atoms with Gasteiger partial charge in [-0.15, -0.1) is 0 Å². The predicted molar refractivity (Wildman–Crippen MR) is 50.2 cm³/mol. The maximum Gasteiger partial charge on any atom is 0.131 e. The van der Waals surface area contributed by atoms with E-state index in [1.807, 2.05) is 6.92 Å². The highest BCUT2D eigenvalue weighted by Gasteiger charge is 2.12. The first-order valence-corrected chi connectivity index (χ1v) is 4.33. The van der Waals surface area contributed by atoms with E-state index >= 15 is 0 Å². The largest absolute Gasteiger partial charge is 0.493 e. The Kier molecular flexibility index (Phi) is 3.25. The molecule has 0 aliphatic heterocycles. The Hall–Kier alpha value is -1.09. The van der Waals surface area contributed by atoms with Crippen LogP contribution in [0, 0.1) is 5.82 Å². The van der Waals surface area contributed by atoms with Crippen LogP contribution in [0.1, 0.15) is 25.5 Å². The SMILES string of the molecule is CCOc1cccc(F)c1C(C)N. The van der Waals surface area contributed by atoms with Gasteiger partial charge in [0.1, 0.15) is 11.6 Å². The lowest BCUT2D eigenvalue weighted by Crippen LogP contribution is -2.10. The molecular formula is C10H14FNO. The summed E-state index contributed by atoms with van der Waals surface area (Å²) in [5.74, 6) is 0.235. The van der Waals surface area contributed by atoms with Gasteiger partial charge in [-0.1, -0.05) is 6.07 Å². The molecule has 0 spiro atoms. The zero-order valence-corrected chi connectivity index (χ0v) is 7.88. The van der Waals surface area contributed by atoms with Gasteiger partial charge < -0.3 is 10.5 Å². The van der Waals surface area contributed by atoms with Gasteiger partial charge in [0.25, 0.3) is 0 Å². The van der Waals surface area contributed by atoms with Gasteiger partial charge in [0.2, 0.25) is 0 Å². The fourth-order valence-corrected chi connectivity index (χ4v) is 1.24. The van der Waals surface area contributed by atoms with E-state index in [-0.39, 0.29) is 11.9 Å². The van der Waals surface area contributed by atoms with E-state index in [0.717, 1.165) is 0 Å². The summed E-state index contributed by atoms with van der Waals surface area (Å²) in [4.78, 5) is 0. The molecule has 1 aromatic rings. The van der Waals surface area contributed by atoms with E-state index in [0.29, 0.717) is 17.9 Å². The number of benzene rings is 1. The maximum atomic E-state index is 13.3. The fraction of sp³-hybridized carbons (Fsp3) is 0.400. The van der Waals surface area contributed by atoms with Crippen LogP contribution in [0.4, 0.5) is 4.39 Å². The van der Waals surface area contributed by atoms with Gasteiger partial charge in [-0.05, 0) is 26.0 Å². The van der Waals surface area contributed by atoms with Gasteiger partial charge in [0, 0.05) is 11.6 Å².